The minimum atomic E-state index is -0.385. The molecule has 1 aromatic heterocycles. The van der Waals surface area contributed by atoms with Crippen LogP contribution in [0.2, 0.25) is 0 Å². The highest BCUT2D eigenvalue weighted by Gasteiger charge is 2.03. The molecule has 0 atom stereocenters. The predicted molar refractivity (Wildman–Crippen MR) is 87.6 cm³/mol. The topological polar surface area (TPSA) is 68.3 Å². The van der Waals surface area contributed by atoms with Gasteiger partial charge in [0.2, 0.25) is 5.91 Å². The fraction of sp³-hybridized carbons (Fsp3) is 0.167. The highest BCUT2D eigenvalue weighted by molar-refractivity contribution is 5.92. The molecule has 0 radical (unpaired) electrons. The van der Waals surface area contributed by atoms with Gasteiger partial charge in [-0.15, -0.1) is 0 Å². The maximum absolute atomic E-state index is 11.8. The number of nitrogens with one attached hydrogen (secondary N) is 1. The SMILES string of the molecule is COC(=O)c1ccc(/C=C/C(=O)NCc2cccc(C)n2)cc1. The lowest BCUT2D eigenvalue weighted by atomic mass is 10.1. The Kier molecular flexibility index (Phi) is 5.63. The minimum Gasteiger partial charge on any atom is -0.465 e. The molecule has 5 nitrogen and oxygen atoms in total. The van der Waals surface area contributed by atoms with Crippen molar-refractivity contribution in [1.29, 1.82) is 0 Å². The van der Waals surface area contributed by atoms with E-state index in [1.165, 1.54) is 13.2 Å². The Labute approximate surface area is 135 Å². The number of hydrogen-bond acceptors (Lipinski definition) is 4. The third kappa shape index (κ3) is 5.07. The predicted octanol–water partition coefficient (Wildman–Crippen LogP) is 2.51. The van der Waals surface area contributed by atoms with Gasteiger partial charge in [0.05, 0.1) is 24.9 Å². The third-order valence-electron chi connectivity index (χ3n) is 3.15. The van der Waals surface area contributed by atoms with Crippen molar-refractivity contribution < 1.29 is 14.3 Å². The van der Waals surface area contributed by atoms with Crippen LogP contribution >= 0.6 is 0 Å². The molecule has 0 saturated carbocycles. The number of esters is 1. The van der Waals surface area contributed by atoms with Gasteiger partial charge in [0, 0.05) is 11.8 Å². The van der Waals surface area contributed by atoms with Gasteiger partial charge >= 0.3 is 5.97 Å². The number of hydrogen-bond donors (Lipinski definition) is 1. The zero-order valence-corrected chi connectivity index (χ0v) is 13.1. The maximum Gasteiger partial charge on any atom is 0.337 e. The van der Waals surface area contributed by atoms with Crippen LogP contribution in [0.3, 0.4) is 0 Å². The first-order valence-electron chi connectivity index (χ1n) is 7.15. The second kappa shape index (κ2) is 7.89. The molecule has 1 heterocycles. The van der Waals surface area contributed by atoms with Crippen LogP contribution < -0.4 is 5.32 Å². The summed E-state index contributed by atoms with van der Waals surface area (Å²) in [6, 6.07) is 12.5. The Hall–Kier alpha value is -2.95. The number of carbonyl (C=O) groups is 2. The molecule has 5 heteroatoms. The Bertz CT molecular complexity index is 721. The molecule has 1 aromatic carbocycles. The first-order chi connectivity index (χ1) is 11.1. The summed E-state index contributed by atoms with van der Waals surface area (Å²) in [6.07, 6.45) is 3.13. The molecule has 23 heavy (non-hydrogen) atoms. The first kappa shape index (κ1) is 16.4. The van der Waals surface area contributed by atoms with Gasteiger partial charge in [-0.2, -0.15) is 0 Å². The fourth-order valence-corrected chi connectivity index (χ4v) is 1.95. The zero-order valence-electron chi connectivity index (χ0n) is 13.1. The van der Waals surface area contributed by atoms with Crippen molar-refractivity contribution >= 4 is 18.0 Å². The lowest BCUT2D eigenvalue weighted by molar-refractivity contribution is -0.116. The summed E-state index contributed by atoms with van der Waals surface area (Å²) in [5.41, 5.74) is 3.02. The highest BCUT2D eigenvalue weighted by atomic mass is 16.5. The molecular formula is C18H18N2O3. The van der Waals surface area contributed by atoms with Crippen molar-refractivity contribution in [3.63, 3.8) is 0 Å². The number of carbonyl (C=O) groups excluding carboxylic acids is 2. The number of aryl methyl sites for hydroxylation is 1. The Morgan fingerprint density at radius 1 is 1.17 bits per heavy atom. The van der Waals surface area contributed by atoms with Crippen LogP contribution in [0.15, 0.2) is 48.5 Å². The molecule has 0 aliphatic heterocycles. The van der Waals surface area contributed by atoms with Gasteiger partial charge in [-0.25, -0.2) is 4.79 Å². The van der Waals surface area contributed by atoms with Crippen LogP contribution in [0.1, 0.15) is 27.3 Å². The Balaban J connectivity index is 1.89. The van der Waals surface area contributed by atoms with Crippen LogP contribution in [0.4, 0.5) is 0 Å². The third-order valence-corrected chi connectivity index (χ3v) is 3.15. The van der Waals surface area contributed by atoms with Crippen LogP contribution in [-0.2, 0) is 16.1 Å². The molecule has 0 bridgehead atoms. The molecule has 0 spiro atoms. The molecule has 118 valence electrons. The number of benzene rings is 1. The number of pyridine rings is 1. The zero-order chi connectivity index (χ0) is 16.7. The van der Waals surface area contributed by atoms with E-state index in [1.54, 1.807) is 30.3 Å². The van der Waals surface area contributed by atoms with E-state index in [0.29, 0.717) is 12.1 Å². The number of aromatic nitrogens is 1. The van der Waals surface area contributed by atoms with Crippen molar-refractivity contribution in [2.75, 3.05) is 7.11 Å². The van der Waals surface area contributed by atoms with Gasteiger partial charge in [0.1, 0.15) is 0 Å². The molecule has 2 aromatic rings. The van der Waals surface area contributed by atoms with E-state index < -0.39 is 0 Å². The van der Waals surface area contributed by atoms with E-state index in [1.807, 2.05) is 25.1 Å². The smallest absolute Gasteiger partial charge is 0.337 e. The Morgan fingerprint density at radius 3 is 2.57 bits per heavy atom. The summed E-state index contributed by atoms with van der Waals surface area (Å²) in [7, 11) is 1.34. The van der Waals surface area contributed by atoms with E-state index in [-0.39, 0.29) is 11.9 Å². The molecule has 0 unspecified atom stereocenters. The monoisotopic (exact) mass is 310 g/mol. The maximum atomic E-state index is 11.8. The van der Waals surface area contributed by atoms with E-state index >= 15 is 0 Å². The van der Waals surface area contributed by atoms with Crippen LogP contribution in [0.5, 0.6) is 0 Å². The molecule has 0 saturated heterocycles. The average Bonchev–Trinajstić information content (AvgIpc) is 2.58. The van der Waals surface area contributed by atoms with Crippen LogP contribution in [0, 0.1) is 6.92 Å². The minimum absolute atomic E-state index is 0.203. The lowest BCUT2D eigenvalue weighted by Crippen LogP contribution is -2.20. The molecule has 1 N–H and O–H groups in total. The van der Waals surface area contributed by atoms with Gasteiger partial charge in [-0.3, -0.25) is 9.78 Å². The number of rotatable bonds is 5. The number of methoxy groups -OCH3 is 1. The van der Waals surface area contributed by atoms with E-state index in [4.69, 9.17) is 0 Å². The second-order valence-corrected chi connectivity index (χ2v) is 4.94. The van der Waals surface area contributed by atoms with Gasteiger partial charge in [-0.05, 0) is 42.8 Å². The summed E-state index contributed by atoms with van der Waals surface area (Å²) >= 11 is 0. The van der Waals surface area contributed by atoms with Crippen molar-refractivity contribution in [2.24, 2.45) is 0 Å². The van der Waals surface area contributed by atoms with Crippen molar-refractivity contribution in [3.8, 4) is 0 Å². The molecule has 0 fully saturated rings. The van der Waals surface area contributed by atoms with Crippen LogP contribution in [0.25, 0.3) is 6.08 Å². The second-order valence-electron chi connectivity index (χ2n) is 4.94. The summed E-state index contributed by atoms with van der Waals surface area (Å²) in [6.45, 7) is 2.29. The van der Waals surface area contributed by atoms with E-state index in [9.17, 15) is 9.59 Å². The van der Waals surface area contributed by atoms with E-state index in [0.717, 1.165) is 17.0 Å². The number of nitrogens with zero attached hydrogens (tertiary/aromatic N) is 1. The lowest BCUT2D eigenvalue weighted by Gasteiger charge is -2.03. The van der Waals surface area contributed by atoms with Crippen molar-refractivity contribution in [2.45, 2.75) is 13.5 Å². The first-order valence-corrected chi connectivity index (χ1v) is 7.15. The molecule has 1 amide bonds. The average molecular weight is 310 g/mol. The molecule has 0 aliphatic carbocycles. The molecule has 2 rings (SSSR count). The summed E-state index contributed by atoms with van der Waals surface area (Å²) in [5.74, 6) is -0.589. The van der Waals surface area contributed by atoms with Gasteiger partial charge in [0.15, 0.2) is 0 Å². The standard InChI is InChI=1S/C18H18N2O3/c1-13-4-3-5-16(20-13)12-19-17(21)11-8-14-6-9-15(10-7-14)18(22)23-2/h3-11H,12H2,1-2H3,(H,19,21)/b11-8+. The quantitative estimate of drug-likeness (QED) is 0.680. The normalized spacial score (nSPS) is 10.5. The van der Waals surface area contributed by atoms with Gasteiger partial charge in [0.25, 0.3) is 0 Å². The van der Waals surface area contributed by atoms with Crippen molar-refractivity contribution in [1.82, 2.24) is 10.3 Å². The van der Waals surface area contributed by atoms with Gasteiger partial charge < -0.3 is 10.1 Å². The largest absolute Gasteiger partial charge is 0.465 e. The van der Waals surface area contributed by atoms with Gasteiger partial charge in [-0.1, -0.05) is 18.2 Å². The van der Waals surface area contributed by atoms with Crippen molar-refractivity contribution in [3.05, 3.63) is 71.1 Å². The number of amides is 1. The highest BCUT2D eigenvalue weighted by Crippen LogP contribution is 2.07. The summed E-state index contributed by atoms with van der Waals surface area (Å²) in [4.78, 5) is 27.4. The Morgan fingerprint density at radius 2 is 1.91 bits per heavy atom. The van der Waals surface area contributed by atoms with Crippen LogP contribution in [-0.4, -0.2) is 24.0 Å². The molecular weight excluding hydrogens is 292 g/mol. The number of ether oxygens (including phenoxy) is 1. The summed E-state index contributed by atoms with van der Waals surface area (Å²) in [5, 5.41) is 2.77. The fourth-order valence-electron chi connectivity index (χ4n) is 1.95. The van der Waals surface area contributed by atoms with E-state index in [2.05, 4.69) is 15.0 Å². The molecule has 0 aliphatic rings. The summed E-state index contributed by atoms with van der Waals surface area (Å²) < 4.78 is 4.63.